The van der Waals surface area contributed by atoms with E-state index in [1.807, 2.05) is 4.90 Å². The van der Waals surface area contributed by atoms with Gasteiger partial charge < -0.3 is 10.0 Å². The molecular formula is C19H23FN4O4. The van der Waals surface area contributed by atoms with Gasteiger partial charge in [0.1, 0.15) is 11.6 Å². The van der Waals surface area contributed by atoms with Crippen LogP contribution in [0, 0.1) is 11.7 Å². The number of imidazole rings is 1. The maximum absolute atomic E-state index is 15.4. The van der Waals surface area contributed by atoms with Crippen molar-refractivity contribution >= 4 is 28.5 Å². The fourth-order valence-electron chi connectivity index (χ4n) is 4.25. The topological polar surface area (TPSA) is 96.6 Å². The Hall–Kier alpha value is -2.68. The lowest BCUT2D eigenvalue weighted by Crippen LogP contribution is -2.44. The Morgan fingerprint density at radius 2 is 1.89 bits per heavy atom. The maximum atomic E-state index is 15.4. The van der Waals surface area contributed by atoms with Gasteiger partial charge in [0.15, 0.2) is 5.82 Å². The molecule has 9 heteroatoms. The molecule has 2 amide bonds. The van der Waals surface area contributed by atoms with Crippen LogP contribution in [0.25, 0.3) is 11.0 Å². The number of amides is 2. The molecule has 1 aromatic carbocycles. The first-order valence-corrected chi connectivity index (χ1v) is 9.51. The zero-order chi connectivity index (χ0) is 20.0. The highest BCUT2D eigenvalue weighted by Crippen LogP contribution is 2.31. The molecule has 3 heterocycles. The number of hydrogen-bond acceptors (Lipinski definition) is 5. The fourth-order valence-corrected chi connectivity index (χ4v) is 4.25. The van der Waals surface area contributed by atoms with E-state index in [9.17, 15) is 19.5 Å². The lowest BCUT2D eigenvalue weighted by Gasteiger charge is -2.33. The Balaban J connectivity index is 1.76. The molecule has 1 unspecified atom stereocenters. The molecule has 4 rings (SSSR count). The third-order valence-electron chi connectivity index (χ3n) is 5.90. The van der Waals surface area contributed by atoms with Crippen LogP contribution in [0.5, 0.6) is 0 Å². The van der Waals surface area contributed by atoms with Gasteiger partial charge in [-0.15, -0.1) is 0 Å². The monoisotopic (exact) mass is 390 g/mol. The number of hydrogen-bond donors (Lipinski definition) is 2. The number of nitrogens with one attached hydrogen (secondary N) is 1. The lowest BCUT2D eigenvalue weighted by molar-refractivity contribution is -0.135. The van der Waals surface area contributed by atoms with Crippen molar-refractivity contribution in [3.8, 4) is 0 Å². The van der Waals surface area contributed by atoms with E-state index in [2.05, 4.69) is 5.32 Å². The Kier molecular flexibility index (Phi) is 4.70. The second-order valence-electron chi connectivity index (χ2n) is 7.56. The number of fused-ring (bicyclic) bond motifs is 1. The number of anilines is 1. The van der Waals surface area contributed by atoms with Crippen LogP contribution in [0.4, 0.5) is 10.1 Å². The summed E-state index contributed by atoms with van der Waals surface area (Å²) in [6.07, 6.45) is 1.91. The van der Waals surface area contributed by atoms with E-state index in [0.29, 0.717) is 24.3 Å². The molecule has 8 nitrogen and oxygen atoms in total. The van der Waals surface area contributed by atoms with Gasteiger partial charge in [0.05, 0.1) is 11.2 Å². The van der Waals surface area contributed by atoms with E-state index >= 15 is 4.39 Å². The Bertz CT molecular complexity index is 1000. The summed E-state index contributed by atoms with van der Waals surface area (Å²) in [4.78, 5) is 38.4. The van der Waals surface area contributed by atoms with E-state index in [-0.39, 0.29) is 36.8 Å². The van der Waals surface area contributed by atoms with Crippen LogP contribution >= 0.6 is 0 Å². The number of rotatable bonds is 3. The standard InChI is InChI=1S/C19H23FN4O4/c1-22-17-13(24(19(22)28)14-4-5-15(26)21-18(14)27)3-2-12(16(17)20)23-8-6-11(10-25)7-9-23/h2-3,11,14,25H,4-10H2,1H3,(H,21,26,27). The van der Waals surface area contributed by atoms with Gasteiger partial charge in [0.2, 0.25) is 11.8 Å². The fraction of sp³-hybridized carbons (Fsp3) is 0.526. The summed E-state index contributed by atoms with van der Waals surface area (Å²) in [6, 6.07) is 2.47. The second kappa shape index (κ2) is 7.05. The summed E-state index contributed by atoms with van der Waals surface area (Å²) >= 11 is 0. The van der Waals surface area contributed by atoms with Gasteiger partial charge in [0.25, 0.3) is 0 Å². The number of aromatic nitrogens is 2. The number of piperidine rings is 2. The smallest absolute Gasteiger partial charge is 0.329 e. The number of aliphatic hydroxyl groups is 1. The predicted octanol–water partition coefficient (Wildman–Crippen LogP) is 0.665. The summed E-state index contributed by atoms with van der Waals surface area (Å²) in [5, 5.41) is 11.5. The van der Waals surface area contributed by atoms with E-state index in [0.717, 1.165) is 12.8 Å². The van der Waals surface area contributed by atoms with E-state index < -0.39 is 23.5 Å². The van der Waals surface area contributed by atoms with Crippen molar-refractivity contribution in [2.45, 2.75) is 31.7 Å². The molecule has 2 aliphatic heterocycles. The average molecular weight is 390 g/mol. The highest BCUT2D eigenvalue weighted by Gasteiger charge is 2.32. The molecule has 2 aromatic rings. The van der Waals surface area contributed by atoms with E-state index in [4.69, 9.17) is 0 Å². The van der Waals surface area contributed by atoms with Gasteiger partial charge in [-0.05, 0) is 37.3 Å². The molecule has 0 aliphatic carbocycles. The molecule has 0 radical (unpaired) electrons. The molecule has 2 N–H and O–H groups in total. The minimum Gasteiger partial charge on any atom is -0.396 e. The number of aryl methyl sites for hydroxylation is 1. The van der Waals surface area contributed by atoms with Gasteiger partial charge in [-0.25, -0.2) is 9.18 Å². The Morgan fingerprint density at radius 3 is 2.54 bits per heavy atom. The largest absolute Gasteiger partial charge is 0.396 e. The van der Waals surface area contributed by atoms with Gasteiger partial charge in [-0.2, -0.15) is 0 Å². The number of nitrogens with zero attached hydrogens (tertiary/aromatic N) is 3. The summed E-state index contributed by atoms with van der Waals surface area (Å²) in [6.45, 7) is 1.41. The molecule has 2 aliphatic rings. The van der Waals surface area contributed by atoms with Crippen molar-refractivity contribution in [3.05, 3.63) is 28.4 Å². The molecule has 1 atom stereocenters. The summed E-state index contributed by atoms with van der Waals surface area (Å²) in [7, 11) is 1.48. The molecular weight excluding hydrogens is 367 g/mol. The molecule has 1 aromatic heterocycles. The highest BCUT2D eigenvalue weighted by molar-refractivity contribution is 6.00. The number of carbonyl (C=O) groups excluding carboxylic acids is 2. The third kappa shape index (κ3) is 2.90. The number of aliphatic hydroxyl groups excluding tert-OH is 1. The Labute approximate surface area is 160 Å². The van der Waals surface area contributed by atoms with Crippen LogP contribution in [-0.2, 0) is 16.6 Å². The summed E-state index contributed by atoms with van der Waals surface area (Å²) in [5.41, 5.74) is 0.421. The summed E-state index contributed by atoms with van der Waals surface area (Å²) < 4.78 is 17.9. The first-order valence-electron chi connectivity index (χ1n) is 9.51. The zero-order valence-corrected chi connectivity index (χ0v) is 15.7. The van der Waals surface area contributed by atoms with Crippen molar-refractivity contribution in [2.24, 2.45) is 13.0 Å². The van der Waals surface area contributed by atoms with Crippen LogP contribution < -0.4 is 15.9 Å². The second-order valence-corrected chi connectivity index (χ2v) is 7.56. The third-order valence-corrected chi connectivity index (χ3v) is 5.90. The van der Waals surface area contributed by atoms with E-state index in [1.54, 1.807) is 12.1 Å². The summed E-state index contributed by atoms with van der Waals surface area (Å²) in [5.74, 6) is -1.16. The average Bonchev–Trinajstić information content (AvgIpc) is 2.94. The molecule has 0 bridgehead atoms. The van der Waals surface area contributed by atoms with Crippen molar-refractivity contribution in [3.63, 3.8) is 0 Å². The van der Waals surface area contributed by atoms with Crippen LogP contribution in [0.2, 0.25) is 0 Å². The van der Waals surface area contributed by atoms with Crippen LogP contribution in [0.3, 0.4) is 0 Å². The predicted molar refractivity (Wildman–Crippen MR) is 101 cm³/mol. The van der Waals surface area contributed by atoms with Crippen LogP contribution in [0.15, 0.2) is 16.9 Å². The quantitative estimate of drug-likeness (QED) is 0.751. The molecule has 2 saturated heterocycles. The minimum atomic E-state index is -0.834. The number of carbonyl (C=O) groups is 2. The van der Waals surface area contributed by atoms with Crippen LogP contribution in [0.1, 0.15) is 31.7 Å². The first-order chi connectivity index (χ1) is 13.4. The number of imide groups is 1. The van der Waals surface area contributed by atoms with Gasteiger partial charge in [0, 0.05) is 33.2 Å². The molecule has 0 spiro atoms. The van der Waals surface area contributed by atoms with Gasteiger partial charge >= 0.3 is 5.69 Å². The molecule has 2 fully saturated rings. The highest BCUT2D eigenvalue weighted by atomic mass is 19.1. The van der Waals surface area contributed by atoms with Crippen molar-refractivity contribution in [2.75, 3.05) is 24.6 Å². The van der Waals surface area contributed by atoms with Crippen molar-refractivity contribution in [1.82, 2.24) is 14.5 Å². The van der Waals surface area contributed by atoms with E-state index in [1.165, 1.54) is 16.2 Å². The lowest BCUT2D eigenvalue weighted by atomic mass is 9.97. The minimum absolute atomic E-state index is 0.138. The first kappa shape index (κ1) is 18.7. The van der Waals surface area contributed by atoms with Crippen molar-refractivity contribution < 1.29 is 19.1 Å². The number of benzene rings is 1. The SMILES string of the molecule is Cn1c(=O)n(C2CCC(=O)NC2=O)c2ccc(N3CCC(CO)CC3)c(F)c21. The molecule has 0 saturated carbocycles. The number of halogens is 1. The molecule has 150 valence electrons. The van der Waals surface area contributed by atoms with Gasteiger partial charge in [-0.3, -0.25) is 24.0 Å². The van der Waals surface area contributed by atoms with Crippen LogP contribution in [-0.4, -0.2) is 45.8 Å². The normalized spacial score (nSPS) is 21.4. The maximum Gasteiger partial charge on any atom is 0.329 e. The Morgan fingerprint density at radius 1 is 1.18 bits per heavy atom. The zero-order valence-electron chi connectivity index (χ0n) is 15.7. The van der Waals surface area contributed by atoms with Crippen molar-refractivity contribution in [1.29, 1.82) is 0 Å². The van der Waals surface area contributed by atoms with Gasteiger partial charge in [-0.1, -0.05) is 0 Å². The molecule has 28 heavy (non-hydrogen) atoms.